The highest BCUT2D eigenvalue weighted by Crippen LogP contribution is 2.16. The van der Waals surface area contributed by atoms with Crippen LogP contribution < -0.4 is 0 Å². The Morgan fingerprint density at radius 2 is 1.10 bits per heavy atom. The second-order valence-electron chi connectivity index (χ2n) is 1.95. The first-order valence-corrected chi connectivity index (χ1v) is 7.64. The Balaban J connectivity index is 2.65. The number of hydrogen-bond donors (Lipinski definition) is 2. The Morgan fingerprint density at radius 1 is 0.700 bits per heavy atom. The molecule has 0 fully saturated rings. The number of hydrogen-bond acceptors (Lipinski definition) is 2. The molecule has 0 N–H and O–H groups in total. The molecule has 0 aliphatic rings. The van der Waals surface area contributed by atoms with Crippen LogP contribution >= 0.6 is 42.4 Å². The van der Waals surface area contributed by atoms with Crippen LogP contribution in [0.2, 0.25) is 0 Å². The van der Waals surface area contributed by atoms with Crippen molar-refractivity contribution in [1.29, 1.82) is 0 Å². The van der Waals surface area contributed by atoms with Crippen LogP contribution in [-0.4, -0.2) is 36.2 Å². The zero-order valence-corrected chi connectivity index (χ0v) is 9.93. The zero-order chi connectivity index (χ0) is 7.66. The molecule has 0 aliphatic carbocycles. The first-order valence-electron chi connectivity index (χ1n) is 3.55. The van der Waals surface area contributed by atoms with Gasteiger partial charge in [0.15, 0.2) is 0 Å². The molecule has 0 rings (SSSR count). The molecule has 0 bridgehead atoms. The maximum absolute atomic E-state index is 4.16. The van der Waals surface area contributed by atoms with Gasteiger partial charge in [0.25, 0.3) is 0 Å². The third-order valence-electron chi connectivity index (χ3n) is 1.06. The van der Waals surface area contributed by atoms with Crippen LogP contribution in [0.3, 0.4) is 0 Å². The second-order valence-corrected chi connectivity index (χ2v) is 5.84. The summed E-state index contributed by atoms with van der Waals surface area (Å²) in [7, 11) is 2.30. The highest BCUT2D eigenvalue weighted by atomic mass is 32.1. The van der Waals surface area contributed by atoms with Crippen molar-refractivity contribution in [3.8, 4) is 0 Å². The Kier molecular flexibility index (Phi) is 12.2. The third-order valence-corrected chi connectivity index (χ3v) is 5.26. The Bertz CT molecular complexity index is 53.7. The molecule has 0 amide bonds. The lowest BCUT2D eigenvalue weighted by molar-refractivity contribution is 1.44. The average molecular weight is 214 g/mol. The van der Waals surface area contributed by atoms with Gasteiger partial charge in [-0.15, -0.1) is 17.2 Å². The molecule has 10 heavy (non-hydrogen) atoms. The predicted molar refractivity (Wildman–Crippen MR) is 63.8 cm³/mol. The normalized spacial score (nSPS) is 12.6. The summed E-state index contributed by atoms with van der Waals surface area (Å²) in [5.41, 5.74) is 0. The van der Waals surface area contributed by atoms with Crippen LogP contribution in [0.4, 0.5) is 0 Å². The van der Waals surface area contributed by atoms with Crippen molar-refractivity contribution in [2.75, 3.05) is 36.2 Å². The molecule has 0 aliphatic heterocycles. The van der Waals surface area contributed by atoms with Crippen LogP contribution in [-0.2, 0) is 0 Å². The van der Waals surface area contributed by atoms with Gasteiger partial charge in [-0.05, 0) is 36.2 Å². The summed E-state index contributed by atoms with van der Waals surface area (Å²) in [5, 5.41) is 0. The summed E-state index contributed by atoms with van der Waals surface area (Å²) in [6, 6.07) is 0. The average Bonchev–Trinajstić information content (AvgIpc) is 1.97. The number of rotatable bonds is 7. The van der Waals surface area contributed by atoms with E-state index in [-0.39, 0.29) is 0 Å². The fourth-order valence-corrected chi connectivity index (χ4v) is 3.76. The molecule has 0 aromatic carbocycles. The van der Waals surface area contributed by atoms with E-state index in [2.05, 4.69) is 25.3 Å². The summed E-state index contributed by atoms with van der Waals surface area (Å²) < 4.78 is 0. The van der Waals surface area contributed by atoms with Crippen molar-refractivity contribution in [1.82, 2.24) is 0 Å². The molecule has 62 valence electrons. The zero-order valence-electron chi connectivity index (χ0n) is 6.14. The first-order chi connectivity index (χ1) is 4.91. The van der Waals surface area contributed by atoms with E-state index in [1.165, 1.54) is 24.6 Å². The van der Waals surface area contributed by atoms with Gasteiger partial charge in [0, 0.05) is 0 Å². The van der Waals surface area contributed by atoms with Crippen LogP contribution in [0.15, 0.2) is 0 Å². The smallest absolute Gasteiger partial charge is 0.00609 e. The van der Waals surface area contributed by atoms with E-state index < -0.39 is 0 Å². The SMILES string of the molecule is SCCPCCPCCS. The van der Waals surface area contributed by atoms with E-state index in [0.29, 0.717) is 0 Å². The molecule has 2 unspecified atom stereocenters. The minimum Gasteiger partial charge on any atom is -0.179 e. The summed E-state index contributed by atoms with van der Waals surface area (Å²) in [5.74, 6) is 2.13. The summed E-state index contributed by atoms with van der Waals surface area (Å²) in [4.78, 5) is 0. The molecule has 0 saturated carbocycles. The highest BCUT2D eigenvalue weighted by Gasteiger charge is 1.87. The van der Waals surface area contributed by atoms with Crippen molar-refractivity contribution in [3.05, 3.63) is 0 Å². The molecule has 0 heterocycles. The Hall–Kier alpha value is 1.56. The van der Waals surface area contributed by atoms with Crippen molar-refractivity contribution < 1.29 is 0 Å². The second kappa shape index (κ2) is 10.6. The fraction of sp³-hybridized carbons (Fsp3) is 1.00. The van der Waals surface area contributed by atoms with Gasteiger partial charge in [0.2, 0.25) is 0 Å². The van der Waals surface area contributed by atoms with Crippen LogP contribution in [0, 0.1) is 0 Å². The quantitative estimate of drug-likeness (QED) is 0.362. The van der Waals surface area contributed by atoms with E-state index in [1.54, 1.807) is 0 Å². The van der Waals surface area contributed by atoms with Crippen molar-refractivity contribution in [2.45, 2.75) is 0 Å². The summed E-state index contributed by atoms with van der Waals surface area (Å²) in [6.45, 7) is 0. The Morgan fingerprint density at radius 3 is 1.40 bits per heavy atom. The van der Waals surface area contributed by atoms with Gasteiger partial charge < -0.3 is 0 Å². The molecule has 0 nitrogen and oxygen atoms in total. The van der Waals surface area contributed by atoms with E-state index in [1.807, 2.05) is 0 Å². The molecule has 4 heteroatoms. The Labute approximate surface area is 78.7 Å². The molecule has 0 saturated heterocycles. The lowest BCUT2D eigenvalue weighted by Gasteiger charge is -1.98. The van der Waals surface area contributed by atoms with Gasteiger partial charge in [-0.1, -0.05) is 0 Å². The summed E-state index contributed by atoms with van der Waals surface area (Å²) >= 11 is 8.32. The van der Waals surface area contributed by atoms with Crippen LogP contribution in [0.25, 0.3) is 0 Å². The monoisotopic (exact) mass is 214 g/mol. The van der Waals surface area contributed by atoms with Gasteiger partial charge in [-0.3, -0.25) is 0 Å². The van der Waals surface area contributed by atoms with Gasteiger partial charge in [0.05, 0.1) is 0 Å². The predicted octanol–water partition coefficient (Wildman–Crippen LogP) is 2.20. The molecular formula is C6H16P2S2. The van der Waals surface area contributed by atoms with Crippen molar-refractivity contribution >= 4 is 42.4 Å². The van der Waals surface area contributed by atoms with E-state index in [0.717, 1.165) is 28.7 Å². The van der Waals surface area contributed by atoms with E-state index in [4.69, 9.17) is 0 Å². The van der Waals surface area contributed by atoms with Gasteiger partial charge >= 0.3 is 0 Å². The molecular weight excluding hydrogens is 198 g/mol. The maximum Gasteiger partial charge on any atom is -0.00609 e. The minimum atomic E-state index is 1.06. The van der Waals surface area contributed by atoms with Crippen molar-refractivity contribution in [2.24, 2.45) is 0 Å². The van der Waals surface area contributed by atoms with E-state index in [9.17, 15) is 0 Å². The molecule has 2 atom stereocenters. The molecule has 0 spiro atoms. The largest absolute Gasteiger partial charge is 0.179 e. The minimum absolute atomic E-state index is 1.06. The highest BCUT2D eigenvalue weighted by molar-refractivity contribution is 7.80. The topological polar surface area (TPSA) is 0 Å². The van der Waals surface area contributed by atoms with Crippen LogP contribution in [0.1, 0.15) is 0 Å². The molecule has 0 aromatic heterocycles. The standard InChI is InChI=1S/C6H16P2S2/c9-5-3-7-1-2-8-4-6-10/h7-10H,1-6H2. The van der Waals surface area contributed by atoms with Gasteiger partial charge in [-0.25, -0.2) is 0 Å². The summed E-state index contributed by atoms with van der Waals surface area (Å²) in [6.07, 6.45) is 5.47. The third kappa shape index (κ3) is 9.56. The maximum atomic E-state index is 4.16. The van der Waals surface area contributed by atoms with Gasteiger partial charge in [0.1, 0.15) is 0 Å². The lowest BCUT2D eigenvalue weighted by Crippen LogP contribution is -1.85. The first kappa shape index (κ1) is 11.6. The van der Waals surface area contributed by atoms with E-state index >= 15 is 0 Å². The van der Waals surface area contributed by atoms with Crippen molar-refractivity contribution in [3.63, 3.8) is 0 Å². The number of thiol groups is 2. The molecule has 0 aromatic rings. The molecule has 0 radical (unpaired) electrons. The lowest BCUT2D eigenvalue weighted by atomic mass is 10.9. The van der Waals surface area contributed by atoms with Crippen LogP contribution in [0.5, 0.6) is 0 Å². The van der Waals surface area contributed by atoms with Gasteiger partial charge in [-0.2, -0.15) is 25.3 Å². The fourth-order valence-electron chi connectivity index (χ4n) is 0.585.